The minimum atomic E-state index is 0.0886. The number of nitrogens with zero attached hydrogens (tertiary/aromatic N) is 2. The van der Waals surface area contributed by atoms with Crippen LogP contribution in [-0.4, -0.2) is 16.1 Å². The van der Waals surface area contributed by atoms with E-state index in [1.165, 1.54) is 0 Å². The van der Waals surface area contributed by atoms with Gasteiger partial charge in [0.1, 0.15) is 11.4 Å². The Morgan fingerprint density at radius 1 is 1.64 bits per heavy atom. The van der Waals surface area contributed by atoms with Crippen LogP contribution in [0.2, 0.25) is 5.15 Å². The quantitative estimate of drug-likeness (QED) is 0.720. The van der Waals surface area contributed by atoms with E-state index < -0.39 is 0 Å². The molecule has 0 spiro atoms. The van der Waals surface area contributed by atoms with Crippen molar-refractivity contribution in [2.24, 2.45) is 13.0 Å². The lowest BCUT2D eigenvalue weighted by atomic mass is 10.0. The van der Waals surface area contributed by atoms with E-state index >= 15 is 0 Å². The predicted molar refractivity (Wildman–Crippen MR) is 56.5 cm³/mol. The molecule has 0 radical (unpaired) electrons. The number of halogens is 1. The molecule has 0 saturated heterocycles. The average molecular weight is 215 g/mol. The summed E-state index contributed by atoms with van der Waals surface area (Å²) in [5, 5.41) is 4.89. The monoisotopic (exact) mass is 214 g/mol. The number of hydrogen-bond acceptors (Lipinski definition) is 2. The topological polar surface area (TPSA) is 34.9 Å². The molecule has 1 rings (SSSR count). The lowest BCUT2D eigenvalue weighted by molar-refractivity contribution is -0.110. The largest absolute Gasteiger partial charge is 0.303 e. The highest BCUT2D eigenvalue weighted by atomic mass is 35.5. The third kappa shape index (κ3) is 2.35. The van der Waals surface area contributed by atoms with E-state index in [4.69, 9.17) is 11.6 Å². The predicted octanol–water partition coefficient (Wildman–Crippen LogP) is 2.15. The van der Waals surface area contributed by atoms with Crippen LogP contribution in [0.15, 0.2) is 0 Å². The van der Waals surface area contributed by atoms with Gasteiger partial charge in [-0.05, 0) is 19.8 Å². The summed E-state index contributed by atoms with van der Waals surface area (Å²) in [6, 6.07) is 0. The molecule has 3 nitrogen and oxygen atoms in total. The molecule has 0 saturated carbocycles. The minimum Gasteiger partial charge on any atom is -0.303 e. The second-order valence-corrected chi connectivity index (χ2v) is 3.99. The van der Waals surface area contributed by atoms with Gasteiger partial charge in [0.05, 0.1) is 5.69 Å². The van der Waals surface area contributed by atoms with Crippen molar-refractivity contribution in [2.75, 3.05) is 0 Å². The van der Waals surface area contributed by atoms with Gasteiger partial charge in [0.25, 0.3) is 0 Å². The van der Waals surface area contributed by atoms with Crippen molar-refractivity contribution in [1.82, 2.24) is 9.78 Å². The van der Waals surface area contributed by atoms with Crippen LogP contribution in [0, 0.1) is 12.8 Å². The summed E-state index contributed by atoms with van der Waals surface area (Å²) < 4.78 is 1.66. The maximum atomic E-state index is 10.4. The van der Waals surface area contributed by atoms with E-state index in [0.29, 0.717) is 5.15 Å². The van der Waals surface area contributed by atoms with Crippen LogP contribution in [0.5, 0.6) is 0 Å². The molecule has 1 heterocycles. The molecule has 0 aromatic carbocycles. The highest BCUT2D eigenvalue weighted by molar-refractivity contribution is 6.30. The van der Waals surface area contributed by atoms with Crippen molar-refractivity contribution in [3.05, 3.63) is 16.4 Å². The van der Waals surface area contributed by atoms with Crippen LogP contribution in [0.1, 0.15) is 24.6 Å². The molecule has 0 aliphatic rings. The Bertz CT molecular complexity index is 333. The fraction of sp³-hybridized carbons (Fsp3) is 0.600. The van der Waals surface area contributed by atoms with Crippen molar-refractivity contribution >= 4 is 17.9 Å². The first-order valence-electron chi connectivity index (χ1n) is 4.69. The molecule has 78 valence electrons. The van der Waals surface area contributed by atoms with Gasteiger partial charge in [-0.1, -0.05) is 18.5 Å². The third-order valence-corrected chi connectivity index (χ3v) is 2.82. The fourth-order valence-electron chi connectivity index (χ4n) is 1.40. The van der Waals surface area contributed by atoms with E-state index in [1.54, 1.807) is 4.68 Å². The van der Waals surface area contributed by atoms with Crippen LogP contribution in [-0.2, 0) is 18.3 Å². The smallest absolute Gasteiger partial charge is 0.130 e. The number of carbonyl (C=O) groups is 1. The molecular formula is C10H15ClN2O. The van der Waals surface area contributed by atoms with Gasteiger partial charge in [-0.3, -0.25) is 4.68 Å². The third-order valence-electron chi connectivity index (χ3n) is 2.35. The average Bonchev–Trinajstić information content (AvgIpc) is 2.39. The summed E-state index contributed by atoms with van der Waals surface area (Å²) in [7, 11) is 1.82. The molecule has 0 aliphatic heterocycles. The van der Waals surface area contributed by atoms with E-state index in [2.05, 4.69) is 5.10 Å². The molecule has 1 aromatic rings. The summed E-state index contributed by atoms with van der Waals surface area (Å²) in [6.45, 7) is 3.85. The first kappa shape index (κ1) is 11.2. The van der Waals surface area contributed by atoms with Gasteiger partial charge in [-0.25, -0.2) is 0 Å². The first-order valence-corrected chi connectivity index (χ1v) is 5.07. The number of aromatic nitrogens is 2. The Hall–Kier alpha value is -0.830. The SMILES string of the molecule is Cc1nn(C)c(Cl)c1CCC(C)C=O. The van der Waals surface area contributed by atoms with E-state index in [-0.39, 0.29) is 5.92 Å². The van der Waals surface area contributed by atoms with E-state index in [0.717, 1.165) is 30.4 Å². The molecule has 14 heavy (non-hydrogen) atoms. The van der Waals surface area contributed by atoms with Crippen LogP contribution in [0.25, 0.3) is 0 Å². The van der Waals surface area contributed by atoms with Gasteiger partial charge in [-0.15, -0.1) is 0 Å². The standard InChI is InChI=1S/C10H15ClN2O/c1-7(6-14)4-5-9-8(2)12-13(3)10(9)11/h6-7H,4-5H2,1-3H3. The number of hydrogen-bond donors (Lipinski definition) is 0. The Balaban J connectivity index is 2.71. The Kier molecular flexibility index (Phi) is 3.69. The molecular weight excluding hydrogens is 200 g/mol. The lowest BCUT2D eigenvalue weighted by Crippen LogP contribution is -1.99. The van der Waals surface area contributed by atoms with Crippen LogP contribution in [0.3, 0.4) is 0 Å². The van der Waals surface area contributed by atoms with Gasteiger partial charge in [0.15, 0.2) is 0 Å². The summed E-state index contributed by atoms with van der Waals surface area (Å²) in [5.41, 5.74) is 2.01. The zero-order chi connectivity index (χ0) is 10.7. The van der Waals surface area contributed by atoms with Crippen LogP contribution >= 0.6 is 11.6 Å². The summed E-state index contributed by atoms with van der Waals surface area (Å²) in [4.78, 5) is 10.4. The van der Waals surface area contributed by atoms with E-state index in [9.17, 15) is 4.79 Å². The van der Waals surface area contributed by atoms with Crippen LogP contribution < -0.4 is 0 Å². The second-order valence-electron chi connectivity index (χ2n) is 3.63. The lowest BCUT2D eigenvalue weighted by Gasteiger charge is -2.02. The van der Waals surface area contributed by atoms with Gasteiger partial charge in [0, 0.05) is 18.5 Å². The van der Waals surface area contributed by atoms with Gasteiger partial charge in [-0.2, -0.15) is 5.10 Å². The summed E-state index contributed by atoms with van der Waals surface area (Å²) >= 11 is 6.05. The minimum absolute atomic E-state index is 0.0886. The molecule has 0 N–H and O–H groups in total. The number of aryl methyl sites for hydroxylation is 2. The van der Waals surface area contributed by atoms with Crippen molar-refractivity contribution in [3.8, 4) is 0 Å². The normalized spacial score (nSPS) is 12.9. The van der Waals surface area contributed by atoms with E-state index in [1.807, 2.05) is 20.9 Å². The van der Waals surface area contributed by atoms with Gasteiger partial charge < -0.3 is 4.79 Å². The van der Waals surface area contributed by atoms with Gasteiger partial charge in [0.2, 0.25) is 0 Å². The molecule has 0 amide bonds. The number of aldehydes is 1. The maximum absolute atomic E-state index is 10.4. The molecule has 0 bridgehead atoms. The Labute approximate surface area is 89.1 Å². The van der Waals surface area contributed by atoms with Crippen molar-refractivity contribution in [3.63, 3.8) is 0 Å². The molecule has 4 heteroatoms. The van der Waals surface area contributed by atoms with Gasteiger partial charge >= 0.3 is 0 Å². The highest BCUT2D eigenvalue weighted by Gasteiger charge is 2.11. The fourth-order valence-corrected chi connectivity index (χ4v) is 1.67. The van der Waals surface area contributed by atoms with Crippen LogP contribution in [0.4, 0.5) is 0 Å². The first-order chi connectivity index (χ1) is 6.56. The molecule has 1 atom stereocenters. The molecule has 0 fully saturated rings. The summed E-state index contributed by atoms with van der Waals surface area (Å²) in [5.74, 6) is 0.0886. The molecule has 1 aromatic heterocycles. The highest BCUT2D eigenvalue weighted by Crippen LogP contribution is 2.21. The van der Waals surface area contributed by atoms with Crippen molar-refractivity contribution < 1.29 is 4.79 Å². The summed E-state index contributed by atoms with van der Waals surface area (Å²) in [6.07, 6.45) is 2.62. The number of rotatable bonds is 4. The molecule has 0 aliphatic carbocycles. The Morgan fingerprint density at radius 3 is 2.71 bits per heavy atom. The molecule has 1 unspecified atom stereocenters. The second kappa shape index (κ2) is 4.60. The Morgan fingerprint density at radius 2 is 2.29 bits per heavy atom. The van der Waals surface area contributed by atoms with Crippen molar-refractivity contribution in [2.45, 2.75) is 26.7 Å². The van der Waals surface area contributed by atoms with Crippen molar-refractivity contribution in [1.29, 1.82) is 0 Å². The number of carbonyl (C=O) groups excluding carboxylic acids is 1. The maximum Gasteiger partial charge on any atom is 0.130 e. The zero-order valence-electron chi connectivity index (χ0n) is 8.75. The zero-order valence-corrected chi connectivity index (χ0v) is 9.51.